The fourth-order valence-electron chi connectivity index (χ4n) is 2.28. The van der Waals surface area contributed by atoms with Crippen LogP contribution in [0.2, 0.25) is 0 Å². The molecule has 1 atom stereocenters. The fourth-order valence-corrected chi connectivity index (χ4v) is 3.48. The van der Waals surface area contributed by atoms with Gasteiger partial charge in [-0.25, -0.2) is 12.8 Å². The molecule has 1 aromatic rings. The lowest BCUT2D eigenvalue weighted by Gasteiger charge is -2.29. The van der Waals surface area contributed by atoms with Gasteiger partial charge in [0.25, 0.3) is 0 Å². The van der Waals surface area contributed by atoms with Gasteiger partial charge in [0.2, 0.25) is 11.8 Å². The van der Waals surface area contributed by atoms with Crippen LogP contribution in [0.3, 0.4) is 0 Å². The van der Waals surface area contributed by atoms with E-state index >= 15 is 0 Å². The van der Waals surface area contributed by atoms with Gasteiger partial charge in [0.15, 0.2) is 9.84 Å². The van der Waals surface area contributed by atoms with Crippen LogP contribution in [0.15, 0.2) is 30.3 Å². The van der Waals surface area contributed by atoms with Crippen LogP contribution in [0.5, 0.6) is 0 Å². The van der Waals surface area contributed by atoms with Gasteiger partial charge in [-0.3, -0.25) is 9.59 Å². The van der Waals surface area contributed by atoms with Crippen molar-refractivity contribution in [2.75, 3.05) is 24.6 Å². The number of sulfone groups is 1. The number of hydrogen-bond acceptors (Lipinski definition) is 4. The Balaban J connectivity index is 1.86. The molecule has 6 nitrogen and oxygen atoms in total. The highest BCUT2D eigenvalue weighted by molar-refractivity contribution is 7.91. The molecular formula is C16H19FN2O4S. The van der Waals surface area contributed by atoms with Crippen molar-refractivity contribution in [2.45, 2.75) is 13.0 Å². The molecule has 1 heterocycles. The SMILES string of the molecule is CC(NC(=O)C=Cc1ccc(F)cc1)C(=O)N1CCS(=O)(=O)CC1. The molecule has 0 radical (unpaired) electrons. The molecule has 24 heavy (non-hydrogen) atoms. The summed E-state index contributed by atoms with van der Waals surface area (Å²) in [4.78, 5) is 25.5. The zero-order chi connectivity index (χ0) is 17.7. The first-order chi connectivity index (χ1) is 11.3. The molecule has 0 bridgehead atoms. The standard InChI is InChI=1S/C16H19FN2O4S/c1-12(16(21)19-8-10-24(22,23)11-9-19)18-15(20)7-4-13-2-5-14(17)6-3-13/h2-7,12H,8-11H2,1H3,(H,18,20). The molecule has 8 heteroatoms. The average molecular weight is 354 g/mol. The lowest BCUT2D eigenvalue weighted by Crippen LogP contribution is -2.51. The van der Waals surface area contributed by atoms with E-state index in [9.17, 15) is 22.4 Å². The molecule has 2 amide bonds. The van der Waals surface area contributed by atoms with Gasteiger partial charge in [0.1, 0.15) is 11.9 Å². The molecule has 0 aliphatic carbocycles. The Bertz CT molecular complexity index is 730. The second-order valence-corrected chi connectivity index (χ2v) is 7.90. The van der Waals surface area contributed by atoms with Crippen LogP contribution in [0.4, 0.5) is 4.39 Å². The van der Waals surface area contributed by atoms with Crippen LogP contribution >= 0.6 is 0 Å². The Labute approximate surface area is 140 Å². The van der Waals surface area contributed by atoms with Crippen molar-refractivity contribution >= 4 is 27.7 Å². The van der Waals surface area contributed by atoms with Crippen molar-refractivity contribution in [3.05, 3.63) is 41.7 Å². The van der Waals surface area contributed by atoms with E-state index in [2.05, 4.69) is 5.32 Å². The van der Waals surface area contributed by atoms with Gasteiger partial charge in [0, 0.05) is 19.2 Å². The largest absolute Gasteiger partial charge is 0.341 e. The predicted octanol–water partition coefficient (Wildman–Crippen LogP) is 0.601. The summed E-state index contributed by atoms with van der Waals surface area (Å²) >= 11 is 0. The lowest BCUT2D eigenvalue weighted by atomic mass is 10.2. The number of nitrogens with zero attached hydrogens (tertiary/aromatic N) is 1. The molecule has 1 unspecified atom stereocenters. The molecule has 1 aliphatic heterocycles. The number of nitrogens with one attached hydrogen (secondary N) is 1. The van der Waals surface area contributed by atoms with E-state index in [0.717, 1.165) is 0 Å². The van der Waals surface area contributed by atoms with Gasteiger partial charge in [-0.15, -0.1) is 0 Å². The number of carbonyl (C=O) groups is 2. The van der Waals surface area contributed by atoms with Gasteiger partial charge >= 0.3 is 0 Å². The molecule has 1 saturated heterocycles. The highest BCUT2D eigenvalue weighted by atomic mass is 32.2. The van der Waals surface area contributed by atoms with Crippen LogP contribution in [0, 0.1) is 5.82 Å². The Kier molecular flexibility index (Phi) is 5.71. The lowest BCUT2D eigenvalue weighted by molar-refractivity contribution is -0.134. The summed E-state index contributed by atoms with van der Waals surface area (Å²) in [5.41, 5.74) is 0.659. The Morgan fingerprint density at radius 3 is 2.38 bits per heavy atom. The van der Waals surface area contributed by atoms with E-state index in [0.29, 0.717) is 5.56 Å². The minimum atomic E-state index is -3.06. The Morgan fingerprint density at radius 2 is 1.79 bits per heavy atom. The van der Waals surface area contributed by atoms with Crippen LogP contribution in [0.1, 0.15) is 12.5 Å². The van der Waals surface area contributed by atoms with E-state index in [1.165, 1.54) is 41.3 Å². The quantitative estimate of drug-likeness (QED) is 0.803. The number of hydrogen-bond donors (Lipinski definition) is 1. The molecule has 2 rings (SSSR count). The summed E-state index contributed by atoms with van der Waals surface area (Å²) in [6.07, 6.45) is 2.77. The number of carbonyl (C=O) groups excluding carboxylic acids is 2. The van der Waals surface area contributed by atoms with Crippen molar-refractivity contribution in [3.63, 3.8) is 0 Å². The summed E-state index contributed by atoms with van der Waals surface area (Å²) < 4.78 is 35.5. The van der Waals surface area contributed by atoms with Gasteiger partial charge < -0.3 is 10.2 Å². The van der Waals surface area contributed by atoms with E-state index < -0.39 is 21.8 Å². The summed E-state index contributed by atoms with van der Waals surface area (Å²) in [5, 5.41) is 2.54. The van der Waals surface area contributed by atoms with Crippen molar-refractivity contribution in [1.82, 2.24) is 10.2 Å². The maximum absolute atomic E-state index is 12.8. The third kappa shape index (κ3) is 5.16. The van der Waals surface area contributed by atoms with E-state index in [1.807, 2.05) is 0 Å². The number of halogens is 1. The Morgan fingerprint density at radius 1 is 1.21 bits per heavy atom. The highest BCUT2D eigenvalue weighted by Crippen LogP contribution is 2.07. The minimum Gasteiger partial charge on any atom is -0.341 e. The third-order valence-corrected chi connectivity index (χ3v) is 5.29. The number of benzene rings is 1. The van der Waals surface area contributed by atoms with Crippen molar-refractivity contribution in [3.8, 4) is 0 Å². The molecule has 1 aromatic carbocycles. The molecule has 0 saturated carbocycles. The van der Waals surface area contributed by atoms with Crippen LogP contribution < -0.4 is 5.32 Å². The van der Waals surface area contributed by atoms with E-state index in [4.69, 9.17) is 0 Å². The third-order valence-electron chi connectivity index (χ3n) is 3.68. The summed E-state index contributed by atoms with van der Waals surface area (Å²) in [6.45, 7) is 1.84. The molecular weight excluding hydrogens is 335 g/mol. The highest BCUT2D eigenvalue weighted by Gasteiger charge is 2.28. The minimum absolute atomic E-state index is 0.0517. The second-order valence-electron chi connectivity index (χ2n) is 5.59. The van der Waals surface area contributed by atoms with Gasteiger partial charge in [-0.05, 0) is 30.7 Å². The van der Waals surface area contributed by atoms with Crippen molar-refractivity contribution < 1.29 is 22.4 Å². The van der Waals surface area contributed by atoms with Crippen molar-refractivity contribution in [2.24, 2.45) is 0 Å². The first kappa shape index (κ1) is 18.1. The maximum atomic E-state index is 12.8. The van der Waals surface area contributed by atoms with Gasteiger partial charge in [-0.1, -0.05) is 12.1 Å². The molecule has 0 spiro atoms. The first-order valence-electron chi connectivity index (χ1n) is 7.50. The summed E-state index contributed by atoms with van der Waals surface area (Å²) in [5.74, 6) is -1.23. The van der Waals surface area contributed by atoms with Crippen LogP contribution in [0.25, 0.3) is 6.08 Å². The fraction of sp³-hybridized carbons (Fsp3) is 0.375. The monoisotopic (exact) mass is 354 g/mol. The van der Waals surface area contributed by atoms with Crippen LogP contribution in [-0.4, -0.2) is 55.8 Å². The second kappa shape index (κ2) is 7.57. The van der Waals surface area contributed by atoms with E-state index in [-0.39, 0.29) is 36.3 Å². The van der Waals surface area contributed by atoms with Gasteiger partial charge in [-0.2, -0.15) is 0 Å². The normalized spacial score (nSPS) is 18.3. The molecule has 1 aliphatic rings. The summed E-state index contributed by atoms with van der Waals surface area (Å²) in [7, 11) is -3.06. The number of amides is 2. The topological polar surface area (TPSA) is 83.6 Å². The Hall–Kier alpha value is -2.22. The molecule has 1 N–H and O–H groups in total. The van der Waals surface area contributed by atoms with Crippen molar-refractivity contribution in [1.29, 1.82) is 0 Å². The molecule has 0 aromatic heterocycles. The smallest absolute Gasteiger partial charge is 0.244 e. The average Bonchev–Trinajstić information content (AvgIpc) is 2.53. The predicted molar refractivity (Wildman–Crippen MR) is 88.3 cm³/mol. The zero-order valence-corrected chi connectivity index (χ0v) is 14.1. The van der Waals surface area contributed by atoms with Crippen LogP contribution in [-0.2, 0) is 19.4 Å². The van der Waals surface area contributed by atoms with E-state index in [1.54, 1.807) is 6.92 Å². The zero-order valence-electron chi connectivity index (χ0n) is 13.2. The van der Waals surface area contributed by atoms with Gasteiger partial charge in [0.05, 0.1) is 11.5 Å². The molecule has 1 fully saturated rings. The maximum Gasteiger partial charge on any atom is 0.244 e. The molecule has 130 valence electrons. The summed E-state index contributed by atoms with van der Waals surface area (Å²) in [6, 6.07) is 4.88. The number of rotatable bonds is 4. The first-order valence-corrected chi connectivity index (χ1v) is 9.32.